The van der Waals surface area contributed by atoms with Gasteiger partial charge in [0.25, 0.3) is 0 Å². The fourth-order valence-corrected chi connectivity index (χ4v) is 0.851. The summed E-state index contributed by atoms with van der Waals surface area (Å²) in [4.78, 5) is 0. The van der Waals surface area contributed by atoms with Crippen LogP contribution in [-0.4, -0.2) is 12.7 Å². The highest BCUT2D eigenvalue weighted by molar-refractivity contribution is 4.85. The lowest BCUT2D eigenvalue weighted by Gasteiger charge is -2.20. The molecule has 0 aromatic carbocycles. The van der Waals surface area contributed by atoms with Crippen molar-refractivity contribution >= 4 is 0 Å². The fraction of sp³-hybridized carbons (Fsp3) is 0.857. The first-order chi connectivity index (χ1) is 3.63. The average molecular weight is 113 g/mol. The van der Waals surface area contributed by atoms with Crippen molar-refractivity contribution < 1.29 is 4.74 Å². The van der Waals surface area contributed by atoms with Crippen LogP contribution >= 0.6 is 0 Å². The van der Waals surface area contributed by atoms with Crippen molar-refractivity contribution in [3.8, 4) is 0 Å². The predicted molar refractivity (Wildman–Crippen MR) is 33.5 cm³/mol. The molecular weight excluding hydrogens is 100 g/mol. The van der Waals surface area contributed by atoms with Crippen molar-refractivity contribution in [1.29, 1.82) is 0 Å². The second-order valence-electron chi connectivity index (χ2n) is 3.10. The van der Waals surface area contributed by atoms with Crippen LogP contribution in [0.2, 0.25) is 0 Å². The minimum Gasteiger partial charge on any atom is -0.378 e. The third kappa shape index (κ3) is 0.873. The maximum absolute atomic E-state index is 5.26. The molecule has 47 valence electrons. The van der Waals surface area contributed by atoms with Gasteiger partial charge >= 0.3 is 0 Å². The molecule has 0 amide bonds. The van der Waals surface area contributed by atoms with Gasteiger partial charge in [0.2, 0.25) is 0 Å². The molecule has 0 aromatic heterocycles. The Morgan fingerprint density at radius 3 is 2.38 bits per heavy atom. The van der Waals surface area contributed by atoms with Crippen LogP contribution in [-0.2, 0) is 4.74 Å². The molecule has 1 unspecified atom stereocenters. The SMILES string of the molecule is [CH2]C1OCCC1(C)C. The Kier molecular flexibility index (Phi) is 1.31. The molecular formula is C7H13O. The van der Waals surface area contributed by atoms with Gasteiger partial charge in [-0.15, -0.1) is 0 Å². The lowest BCUT2D eigenvalue weighted by Crippen LogP contribution is -2.20. The van der Waals surface area contributed by atoms with Crippen molar-refractivity contribution in [2.24, 2.45) is 5.41 Å². The quantitative estimate of drug-likeness (QED) is 0.464. The molecule has 0 aliphatic carbocycles. The van der Waals surface area contributed by atoms with E-state index in [4.69, 9.17) is 4.74 Å². The van der Waals surface area contributed by atoms with Gasteiger partial charge in [0.15, 0.2) is 0 Å². The molecule has 1 aliphatic heterocycles. The first kappa shape index (κ1) is 6.09. The molecule has 1 fully saturated rings. The molecule has 0 N–H and O–H groups in total. The van der Waals surface area contributed by atoms with Gasteiger partial charge in [-0.3, -0.25) is 0 Å². The van der Waals surface area contributed by atoms with Crippen molar-refractivity contribution in [2.75, 3.05) is 6.61 Å². The average Bonchev–Trinajstić information content (AvgIpc) is 1.86. The first-order valence-electron chi connectivity index (χ1n) is 3.07. The van der Waals surface area contributed by atoms with E-state index in [1.807, 2.05) is 0 Å². The molecule has 1 heteroatoms. The number of ether oxygens (including phenoxy) is 1. The second kappa shape index (κ2) is 1.73. The van der Waals surface area contributed by atoms with E-state index in [0.29, 0.717) is 5.41 Å². The van der Waals surface area contributed by atoms with E-state index >= 15 is 0 Å². The summed E-state index contributed by atoms with van der Waals surface area (Å²) in [6.45, 7) is 9.14. The molecule has 1 nitrogen and oxygen atoms in total. The first-order valence-corrected chi connectivity index (χ1v) is 3.07. The Morgan fingerprint density at radius 1 is 1.62 bits per heavy atom. The standard InChI is InChI=1S/C7H13O/c1-6-7(2,3)4-5-8-6/h6H,1,4-5H2,2-3H3. The summed E-state index contributed by atoms with van der Waals surface area (Å²) in [5.74, 6) is 0. The molecule has 1 radical (unpaired) electrons. The highest BCUT2D eigenvalue weighted by Crippen LogP contribution is 2.32. The summed E-state index contributed by atoms with van der Waals surface area (Å²) < 4.78 is 5.26. The van der Waals surface area contributed by atoms with E-state index in [1.54, 1.807) is 0 Å². The Labute approximate surface area is 51.0 Å². The van der Waals surface area contributed by atoms with Gasteiger partial charge in [0.1, 0.15) is 0 Å². The van der Waals surface area contributed by atoms with Gasteiger partial charge in [-0.1, -0.05) is 13.8 Å². The van der Waals surface area contributed by atoms with E-state index in [-0.39, 0.29) is 6.10 Å². The van der Waals surface area contributed by atoms with Crippen LogP contribution in [0.25, 0.3) is 0 Å². The zero-order chi connectivity index (χ0) is 6.20. The third-order valence-electron chi connectivity index (χ3n) is 1.94. The lowest BCUT2D eigenvalue weighted by molar-refractivity contribution is 0.101. The summed E-state index contributed by atoms with van der Waals surface area (Å²) in [7, 11) is 0. The minimum absolute atomic E-state index is 0.211. The number of hydrogen-bond acceptors (Lipinski definition) is 1. The van der Waals surface area contributed by atoms with E-state index in [9.17, 15) is 0 Å². The van der Waals surface area contributed by atoms with Crippen molar-refractivity contribution in [2.45, 2.75) is 26.4 Å². The number of hydrogen-bond donors (Lipinski definition) is 0. The molecule has 8 heavy (non-hydrogen) atoms. The van der Waals surface area contributed by atoms with Gasteiger partial charge in [-0.05, 0) is 18.8 Å². The number of rotatable bonds is 0. The largest absolute Gasteiger partial charge is 0.378 e. The highest BCUT2D eigenvalue weighted by Gasteiger charge is 2.31. The molecule has 0 saturated carbocycles. The van der Waals surface area contributed by atoms with Gasteiger partial charge in [0.05, 0.1) is 6.10 Å². The molecule has 1 rings (SSSR count). The maximum Gasteiger partial charge on any atom is 0.0627 e. The van der Waals surface area contributed by atoms with Crippen LogP contribution in [0.3, 0.4) is 0 Å². The van der Waals surface area contributed by atoms with Crippen LogP contribution < -0.4 is 0 Å². The molecule has 1 atom stereocenters. The van der Waals surface area contributed by atoms with Crippen LogP contribution in [0, 0.1) is 12.3 Å². The topological polar surface area (TPSA) is 9.23 Å². The van der Waals surface area contributed by atoms with Crippen LogP contribution in [0.1, 0.15) is 20.3 Å². The van der Waals surface area contributed by atoms with Gasteiger partial charge in [-0.2, -0.15) is 0 Å². The molecule has 0 bridgehead atoms. The van der Waals surface area contributed by atoms with E-state index < -0.39 is 0 Å². The van der Waals surface area contributed by atoms with E-state index in [2.05, 4.69) is 20.8 Å². The summed E-state index contributed by atoms with van der Waals surface area (Å²) >= 11 is 0. The Hall–Kier alpha value is -0.0400. The predicted octanol–water partition coefficient (Wildman–Crippen LogP) is 1.64. The monoisotopic (exact) mass is 113 g/mol. The molecule has 1 aliphatic rings. The Morgan fingerprint density at radius 2 is 2.25 bits per heavy atom. The summed E-state index contributed by atoms with van der Waals surface area (Å²) in [6, 6.07) is 0. The van der Waals surface area contributed by atoms with Crippen molar-refractivity contribution in [1.82, 2.24) is 0 Å². The Balaban J connectivity index is 2.54. The van der Waals surface area contributed by atoms with Gasteiger partial charge in [-0.25, -0.2) is 0 Å². The molecule has 1 saturated heterocycles. The fourth-order valence-electron chi connectivity index (χ4n) is 0.851. The third-order valence-corrected chi connectivity index (χ3v) is 1.94. The van der Waals surface area contributed by atoms with Gasteiger partial charge in [0, 0.05) is 6.61 Å². The van der Waals surface area contributed by atoms with Gasteiger partial charge < -0.3 is 4.74 Å². The minimum atomic E-state index is 0.211. The summed E-state index contributed by atoms with van der Waals surface area (Å²) in [5, 5.41) is 0. The maximum atomic E-state index is 5.26. The van der Waals surface area contributed by atoms with Crippen LogP contribution in [0.5, 0.6) is 0 Å². The summed E-state index contributed by atoms with van der Waals surface area (Å²) in [6.07, 6.45) is 1.36. The van der Waals surface area contributed by atoms with Crippen LogP contribution in [0.4, 0.5) is 0 Å². The normalized spacial score (nSPS) is 35.6. The lowest BCUT2D eigenvalue weighted by atomic mass is 9.87. The summed E-state index contributed by atoms with van der Waals surface area (Å²) in [5.41, 5.74) is 0.319. The van der Waals surface area contributed by atoms with Crippen molar-refractivity contribution in [3.05, 3.63) is 6.92 Å². The Bertz CT molecular complexity index is 86.4. The molecule has 0 aromatic rings. The second-order valence-corrected chi connectivity index (χ2v) is 3.10. The van der Waals surface area contributed by atoms with E-state index in [1.165, 1.54) is 0 Å². The zero-order valence-corrected chi connectivity index (χ0v) is 5.61. The highest BCUT2D eigenvalue weighted by atomic mass is 16.5. The molecule has 1 heterocycles. The smallest absolute Gasteiger partial charge is 0.0627 e. The zero-order valence-electron chi connectivity index (χ0n) is 5.61. The van der Waals surface area contributed by atoms with E-state index in [0.717, 1.165) is 13.0 Å². The van der Waals surface area contributed by atoms with Crippen molar-refractivity contribution in [3.63, 3.8) is 0 Å². The molecule has 0 spiro atoms. The van der Waals surface area contributed by atoms with Crippen LogP contribution in [0.15, 0.2) is 0 Å².